The van der Waals surface area contributed by atoms with E-state index >= 15 is 0 Å². The van der Waals surface area contributed by atoms with Crippen LogP contribution in [-0.2, 0) is 7.05 Å². The fraction of sp³-hybridized carbons (Fsp3) is 0.259. The second kappa shape index (κ2) is 10.7. The van der Waals surface area contributed by atoms with Gasteiger partial charge in [0.15, 0.2) is 0 Å². The van der Waals surface area contributed by atoms with Crippen molar-refractivity contribution in [2.45, 2.75) is 32.6 Å². The Kier molecular flexibility index (Phi) is 7.45. The molecular formula is C27H30N6O3Si. The van der Waals surface area contributed by atoms with Crippen molar-refractivity contribution in [2.75, 3.05) is 11.9 Å². The topological polar surface area (TPSA) is 114 Å². The number of aryl methyl sites for hydroxylation is 1. The molecule has 0 saturated carbocycles. The summed E-state index contributed by atoms with van der Waals surface area (Å²) in [6.07, 6.45) is 4.37. The van der Waals surface area contributed by atoms with Gasteiger partial charge in [-0.1, -0.05) is 25.6 Å². The van der Waals surface area contributed by atoms with Crippen LogP contribution in [0.25, 0.3) is 22.0 Å². The molecule has 4 aromatic rings. The minimum absolute atomic E-state index is 0.178. The SMILES string of the molecule is CC(COc1cc(Nc2ncc3cc(C#C[Si](C)(C)C)ccc3n2)cc(-c2cnn(C)c2)c1)NC(=O)O. The van der Waals surface area contributed by atoms with E-state index in [1.807, 2.05) is 49.6 Å². The highest BCUT2D eigenvalue weighted by Gasteiger charge is 2.11. The van der Waals surface area contributed by atoms with Crippen LogP contribution in [0.5, 0.6) is 5.75 Å². The maximum Gasteiger partial charge on any atom is 0.404 e. The number of aromatic nitrogens is 4. The molecule has 190 valence electrons. The fourth-order valence-electron chi connectivity index (χ4n) is 3.53. The molecule has 0 bridgehead atoms. The molecule has 0 saturated heterocycles. The number of nitrogens with zero attached hydrogens (tertiary/aromatic N) is 4. The Hall–Kier alpha value is -4.36. The summed E-state index contributed by atoms with van der Waals surface area (Å²) in [5, 5.41) is 19.8. The van der Waals surface area contributed by atoms with E-state index in [1.54, 1.807) is 24.0 Å². The molecule has 2 heterocycles. The van der Waals surface area contributed by atoms with Crippen LogP contribution in [0.4, 0.5) is 16.4 Å². The average Bonchev–Trinajstić information content (AvgIpc) is 3.27. The van der Waals surface area contributed by atoms with Gasteiger partial charge in [-0.15, -0.1) is 5.54 Å². The van der Waals surface area contributed by atoms with Crippen LogP contribution >= 0.6 is 0 Å². The molecule has 0 fully saturated rings. The molecule has 0 radical (unpaired) electrons. The van der Waals surface area contributed by atoms with Crippen LogP contribution in [0.2, 0.25) is 19.6 Å². The Labute approximate surface area is 216 Å². The summed E-state index contributed by atoms with van der Waals surface area (Å²) in [5.74, 6) is 4.30. The van der Waals surface area contributed by atoms with E-state index in [-0.39, 0.29) is 12.6 Å². The predicted octanol–water partition coefficient (Wildman–Crippen LogP) is 5.04. The van der Waals surface area contributed by atoms with Crippen molar-refractivity contribution in [1.29, 1.82) is 0 Å². The number of amides is 1. The van der Waals surface area contributed by atoms with Crippen LogP contribution < -0.4 is 15.4 Å². The van der Waals surface area contributed by atoms with E-state index in [4.69, 9.17) is 9.84 Å². The Morgan fingerprint density at radius 2 is 1.97 bits per heavy atom. The summed E-state index contributed by atoms with van der Waals surface area (Å²) in [4.78, 5) is 20.1. The molecule has 1 unspecified atom stereocenters. The molecule has 0 aliphatic heterocycles. The number of fused-ring (bicyclic) bond motifs is 1. The minimum atomic E-state index is -1.46. The first-order valence-corrected chi connectivity index (χ1v) is 15.4. The van der Waals surface area contributed by atoms with Gasteiger partial charge in [0.25, 0.3) is 0 Å². The normalized spacial score (nSPS) is 11.9. The monoisotopic (exact) mass is 514 g/mol. The van der Waals surface area contributed by atoms with E-state index in [2.05, 4.69) is 56.8 Å². The van der Waals surface area contributed by atoms with Gasteiger partial charge in [0.05, 0.1) is 17.8 Å². The smallest absolute Gasteiger partial charge is 0.404 e. The molecule has 0 spiro atoms. The van der Waals surface area contributed by atoms with Crippen LogP contribution in [0, 0.1) is 11.5 Å². The maximum absolute atomic E-state index is 10.9. The van der Waals surface area contributed by atoms with E-state index in [0.29, 0.717) is 11.7 Å². The van der Waals surface area contributed by atoms with E-state index in [1.165, 1.54) is 0 Å². The predicted molar refractivity (Wildman–Crippen MR) is 148 cm³/mol. The van der Waals surface area contributed by atoms with Crippen molar-refractivity contribution in [1.82, 2.24) is 25.1 Å². The zero-order chi connectivity index (χ0) is 26.6. The molecule has 2 aromatic carbocycles. The molecular weight excluding hydrogens is 484 g/mol. The number of ether oxygens (including phenoxy) is 1. The summed E-state index contributed by atoms with van der Waals surface area (Å²) in [6, 6.07) is 11.2. The average molecular weight is 515 g/mol. The van der Waals surface area contributed by atoms with Crippen LogP contribution in [0.15, 0.2) is 55.0 Å². The quantitative estimate of drug-likeness (QED) is 0.234. The first kappa shape index (κ1) is 25.7. The van der Waals surface area contributed by atoms with Crippen molar-refractivity contribution < 1.29 is 14.6 Å². The Bertz CT molecular complexity index is 1500. The van der Waals surface area contributed by atoms with Gasteiger partial charge in [-0.2, -0.15) is 5.10 Å². The molecule has 1 amide bonds. The summed E-state index contributed by atoms with van der Waals surface area (Å²) in [7, 11) is 0.395. The number of hydrogen-bond acceptors (Lipinski definition) is 6. The van der Waals surface area contributed by atoms with Crippen LogP contribution in [0.1, 0.15) is 12.5 Å². The van der Waals surface area contributed by atoms with Crippen LogP contribution in [0.3, 0.4) is 0 Å². The molecule has 4 rings (SSSR count). The molecule has 37 heavy (non-hydrogen) atoms. The molecule has 1 atom stereocenters. The standard InChI is InChI=1S/C27H30N6O3Si/c1-18(30-27(34)35)17-36-24-12-20(22-15-29-33(2)16-22)11-23(13-24)31-26-28-14-21-10-19(6-7-25(21)32-26)8-9-37(3,4)5/h6-7,10-16,18,30H,17H2,1-5H3,(H,34,35)(H,28,31,32). The summed E-state index contributed by atoms with van der Waals surface area (Å²) < 4.78 is 7.63. The lowest BCUT2D eigenvalue weighted by Crippen LogP contribution is -2.35. The summed E-state index contributed by atoms with van der Waals surface area (Å²) in [6.45, 7) is 8.57. The Balaban J connectivity index is 1.60. The summed E-state index contributed by atoms with van der Waals surface area (Å²) >= 11 is 0. The van der Waals surface area contributed by atoms with Gasteiger partial charge in [-0.3, -0.25) is 4.68 Å². The lowest BCUT2D eigenvalue weighted by molar-refractivity contribution is 0.183. The molecule has 10 heteroatoms. The van der Waals surface area contributed by atoms with Gasteiger partial charge in [-0.25, -0.2) is 14.8 Å². The van der Waals surface area contributed by atoms with Crippen LogP contribution in [-0.4, -0.2) is 51.7 Å². The summed E-state index contributed by atoms with van der Waals surface area (Å²) in [5.41, 5.74) is 7.68. The molecule has 9 nitrogen and oxygen atoms in total. The fourth-order valence-corrected chi connectivity index (χ4v) is 4.04. The third kappa shape index (κ3) is 7.31. The van der Waals surface area contributed by atoms with Crippen molar-refractivity contribution >= 4 is 36.7 Å². The van der Waals surface area contributed by atoms with E-state index in [0.717, 1.165) is 33.3 Å². The zero-order valence-electron chi connectivity index (χ0n) is 21.5. The van der Waals surface area contributed by atoms with Gasteiger partial charge in [0.1, 0.15) is 20.4 Å². The Morgan fingerprint density at radius 1 is 1.16 bits per heavy atom. The first-order valence-electron chi connectivity index (χ1n) is 11.9. The van der Waals surface area contributed by atoms with Gasteiger partial charge in [0.2, 0.25) is 5.95 Å². The number of hydrogen-bond donors (Lipinski definition) is 3. The van der Waals surface area contributed by atoms with Gasteiger partial charge in [0, 0.05) is 47.7 Å². The molecule has 2 aromatic heterocycles. The number of rotatable bonds is 7. The highest BCUT2D eigenvalue weighted by Crippen LogP contribution is 2.30. The highest BCUT2D eigenvalue weighted by atomic mass is 28.3. The van der Waals surface area contributed by atoms with Crippen molar-refractivity contribution in [3.05, 3.63) is 60.6 Å². The van der Waals surface area contributed by atoms with Gasteiger partial charge < -0.3 is 20.5 Å². The zero-order valence-corrected chi connectivity index (χ0v) is 22.5. The third-order valence-corrected chi connectivity index (χ3v) is 6.11. The second-order valence-electron chi connectivity index (χ2n) is 9.90. The number of carboxylic acid groups (broad SMARTS) is 1. The number of benzene rings is 2. The second-order valence-corrected chi connectivity index (χ2v) is 14.7. The van der Waals surface area contributed by atoms with Gasteiger partial charge in [-0.05, 0) is 42.8 Å². The highest BCUT2D eigenvalue weighted by molar-refractivity contribution is 6.83. The lowest BCUT2D eigenvalue weighted by atomic mass is 10.1. The Morgan fingerprint density at radius 3 is 2.68 bits per heavy atom. The third-order valence-electron chi connectivity index (χ3n) is 5.23. The van der Waals surface area contributed by atoms with Crippen molar-refractivity contribution in [2.24, 2.45) is 7.05 Å². The van der Waals surface area contributed by atoms with Gasteiger partial charge >= 0.3 is 6.09 Å². The van der Waals surface area contributed by atoms with Crippen molar-refractivity contribution in [3.8, 4) is 28.3 Å². The number of carbonyl (C=O) groups is 1. The largest absolute Gasteiger partial charge is 0.491 e. The molecule has 0 aliphatic carbocycles. The first-order chi connectivity index (χ1) is 17.5. The minimum Gasteiger partial charge on any atom is -0.491 e. The maximum atomic E-state index is 10.9. The van der Waals surface area contributed by atoms with Crippen molar-refractivity contribution in [3.63, 3.8) is 0 Å². The number of anilines is 2. The lowest BCUT2D eigenvalue weighted by Gasteiger charge is -2.15. The van der Waals surface area contributed by atoms with E-state index < -0.39 is 14.2 Å². The van der Waals surface area contributed by atoms with E-state index in [9.17, 15) is 4.79 Å². The molecule has 3 N–H and O–H groups in total. The number of nitrogens with one attached hydrogen (secondary N) is 2. The molecule has 0 aliphatic rings.